The fourth-order valence-corrected chi connectivity index (χ4v) is 1.69. The highest BCUT2D eigenvalue weighted by atomic mass is 35.5. The lowest BCUT2D eigenvalue weighted by molar-refractivity contribution is 0.0277. The van der Waals surface area contributed by atoms with Crippen LogP contribution in [-0.4, -0.2) is 19.7 Å². The molecule has 1 aliphatic rings. The molecule has 1 N–H and O–H groups in total. The van der Waals surface area contributed by atoms with Gasteiger partial charge < -0.3 is 10.1 Å². The third-order valence-corrected chi connectivity index (χ3v) is 2.38. The van der Waals surface area contributed by atoms with E-state index in [1.807, 2.05) is 24.3 Å². The van der Waals surface area contributed by atoms with Gasteiger partial charge in [0, 0.05) is 18.1 Å². The second-order valence-corrected chi connectivity index (χ2v) is 3.55. The summed E-state index contributed by atoms with van der Waals surface area (Å²) >= 11 is 5.89. The Morgan fingerprint density at radius 1 is 1.46 bits per heavy atom. The summed E-state index contributed by atoms with van der Waals surface area (Å²) in [7, 11) is 0. The minimum Gasteiger partial charge on any atom is -0.371 e. The van der Waals surface area contributed by atoms with Crippen LogP contribution in [-0.2, 0) is 4.74 Å². The molecule has 70 valence electrons. The third kappa shape index (κ3) is 2.21. The Balaban J connectivity index is 2.14. The van der Waals surface area contributed by atoms with Crippen molar-refractivity contribution < 1.29 is 4.74 Å². The molecule has 1 fully saturated rings. The van der Waals surface area contributed by atoms with Gasteiger partial charge in [0.2, 0.25) is 0 Å². The van der Waals surface area contributed by atoms with Crippen LogP contribution < -0.4 is 5.32 Å². The Morgan fingerprint density at radius 2 is 2.38 bits per heavy atom. The van der Waals surface area contributed by atoms with Gasteiger partial charge in [0.1, 0.15) is 0 Å². The molecular formula is C10H12ClNO. The summed E-state index contributed by atoms with van der Waals surface area (Å²) in [5.74, 6) is 0. The minimum atomic E-state index is 0.160. The lowest BCUT2D eigenvalue weighted by Crippen LogP contribution is -2.33. The van der Waals surface area contributed by atoms with Crippen LogP contribution in [0.15, 0.2) is 24.3 Å². The van der Waals surface area contributed by atoms with E-state index >= 15 is 0 Å². The Hall–Kier alpha value is -0.570. The SMILES string of the molecule is Clc1cccc([C@@H]2CNCCO2)c1. The Labute approximate surface area is 82.9 Å². The third-order valence-electron chi connectivity index (χ3n) is 2.15. The fourth-order valence-electron chi connectivity index (χ4n) is 1.49. The van der Waals surface area contributed by atoms with Crippen molar-refractivity contribution in [3.05, 3.63) is 34.9 Å². The van der Waals surface area contributed by atoms with Crippen molar-refractivity contribution in [2.24, 2.45) is 0 Å². The van der Waals surface area contributed by atoms with Crippen LogP contribution in [0.25, 0.3) is 0 Å². The molecule has 1 heterocycles. The van der Waals surface area contributed by atoms with Crippen LogP contribution in [0.2, 0.25) is 5.02 Å². The molecule has 1 aromatic rings. The average Bonchev–Trinajstić information content (AvgIpc) is 2.19. The molecule has 1 atom stereocenters. The Kier molecular flexibility index (Phi) is 2.83. The van der Waals surface area contributed by atoms with E-state index < -0.39 is 0 Å². The molecule has 13 heavy (non-hydrogen) atoms. The largest absolute Gasteiger partial charge is 0.371 e. The molecule has 0 aromatic heterocycles. The van der Waals surface area contributed by atoms with Gasteiger partial charge in [-0.1, -0.05) is 23.7 Å². The highest BCUT2D eigenvalue weighted by Crippen LogP contribution is 2.21. The Morgan fingerprint density at radius 3 is 3.08 bits per heavy atom. The lowest BCUT2D eigenvalue weighted by atomic mass is 10.1. The van der Waals surface area contributed by atoms with Crippen molar-refractivity contribution in [3.63, 3.8) is 0 Å². The maximum Gasteiger partial charge on any atom is 0.0950 e. The summed E-state index contributed by atoms with van der Waals surface area (Å²) < 4.78 is 5.60. The van der Waals surface area contributed by atoms with Crippen molar-refractivity contribution in [2.75, 3.05) is 19.7 Å². The van der Waals surface area contributed by atoms with Crippen molar-refractivity contribution in [2.45, 2.75) is 6.10 Å². The summed E-state index contributed by atoms with van der Waals surface area (Å²) in [5.41, 5.74) is 1.15. The molecule has 0 unspecified atom stereocenters. The van der Waals surface area contributed by atoms with Crippen LogP contribution in [0, 0.1) is 0 Å². The van der Waals surface area contributed by atoms with Gasteiger partial charge in [-0.25, -0.2) is 0 Å². The molecule has 1 aromatic carbocycles. The summed E-state index contributed by atoms with van der Waals surface area (Å²) in [4.78, 5) is 0. The van der Waals surface area contributed by atoms with Crippen LogP contribution in [0.1, 0.15) is 11.7 Å². The van der Waals surface area contributed by atoms with Gasteiger partial charge in [-0.2, -0.15) is 0 Å². The zero-order chi connectivity index (χ0) is 9.10. The number of hydrogen-bond donors (Lipinski definition) is 1. The zero-order valence-electron chi connectivity index (χ0n) is 7.29. The van der Waals surface area contributed by atoms with Gasteiger partial charge in [-0.05, 0) is 17.7 Å². The van der Waals surface area contributed by atoms with Gasteiger partial charge in [-0.3, -0.25) is 0 Å². The van der Waals surface area contributed by atoms with E-state index in [2.05, 4.69) is 5.32 Å². The second kappa shape index (κ2) is 4.09. The number of nitrogens with one attached hydrogen (secondary N) is 1. The molecule has 0 bridgehead atoms. The van der Waals surface area contributed by atoms with E-state index in [0.29, 0.717) is 0 Å². The molecule has 0 spiro atoms. The molecule has 0 saturated carbocycles. The van der Waals surface area contributed by atoms with Gasteiger partial charge >= 0.3 is 0 Å². The van der Waals surface area contributed by atoms with Gasteiger partial charge in [0.15, 0.2) is 0 Å². The van der Waals surface area contributed by atoms with E-state index in [0.717, 1.165) is 30.3 Å². The van der Waals surface area contributed by atoms with E-state index in [4.69, 9.17) is 16.3 Å². The quantitative estimate of drug-likeness (QED) is 0.744. The second-order valence-electron chi connectivity index (χ2n) is 3.12. The van der Waals surface area contributed by atoms with Crippen LogP contribution in [0.3, 0.4) is 0 Å². The summed E-state index contributed by atoms with van der Waals surface area (Å²) in [6.45, 7) is 2.59. The molecule has 0 aliphatic carbocycles. The Bertz CT molecular complexity index is 284. The van der Waals surface area contributed by atoms with E-state index in [1.54, 1.807) is 0 Å². The number of benzene rings is 1. The van der Waals surface area contributed by atoms with Crippen LogP contribution in [0.5, 0.6) is 0 Å². The number of hydrogen-bond acceptors (Lipinski definition) is 2. The van der Waals surface area contributed by atoms with Gasteiger partial charge in [-0.15, -0.1) is 0 Å². The summed E-state index contributed by atoms with van der Waals surface area (Å²) in [6.07, 6.45) is 0.160. The van der Waals surface area contributed by atoms with E-state index in [1.165, 1.54) is 0 Å². The molecular weight excluding hydrogens is 186 g/mol. The van der Waals surface area contributed by atoms with Crippen molar-refractivity contribution in [3.8, 4) is 0 Å². The number of ether oxygens (including phenoxy) is 1. The molecule has 1 saturated heterocycles. The van der Waals surface area contributed by atoms with E-state index in [-0.39, 0.29) is 6.10 Å². The topological polar surface area (TPSA) is 21.3 Å². The molecule has 1 aliphatic heterocycles. The monoisotopic (exact) mass is 197 g/mol. The highest BCUT2D eigenvalue weighted by Gasteiger charge is 2.15. The molecule has 2 rings (SSSR count). The summed E-state index contributed by atoms with van der Waals surface area (Å²) in [6, 6.07) is 7.83. The predicted molar refractivity (Wildman–Crippen MR) is 53.0 cm³/mol. The molecule has 0 amide bonds. The van der Waals surface area contributed by atoms with Crippen molar-refractivity contribution in [1.82, 2.24) is 5.32 Å². The zero-order valence-corrected chi connectivity index (χ0v) is 8.05. The van der Waals surface area contributed by atoms with Gasteiger partial charge in [0.05, 0.1) is 12.7 Å². The maximum absolute atomic E-state index is 5.89. The van der Waals surface area contributed by atoms with Crippen molar-refractivity contribution >= 4 is 11.6 Å². The number of halogens is 1. The summed E-state index contributed by atoms with van der Waals surface area (Å²) in [5, 5.41) is 4.05. The first-order valence-electron chi connectivity index (χ1n) is 4.44. The number of morpholine rings is 1. The van der Waals surface area contributed by atoms with Crippen LogP contribution >= 0.6 is 11.6 Å². The standard InChI is InChI=1S/C10H12ClNO/c11-9-3-1-2-8(6-9)10-7-12-4-5-13-10/h1-3,6,10,12H,4-5,7H2/t10-/m0/s1. The predicted octanol–water partition coefficient (Wildman–Crippen LogP) is 2.00. The lowest BCUT2D eigenvalue weighted by Gasteiger charge is -2.23. The smallest absolute Gasteiger partial charge is 0.0950 e. The molecule has 2 nitrogen and oxygen atoms in total. The minimum absolute atomic E-state index is 0.160. The maximum atomic E-state index is 5.89. The molecule has 3 heteroatoms. The van der Waals surface area contributed by atoms with E-state index in [9.17, 15) is 0 Å². The fraction of sp³-hybridized carbons (Fsp3) is 0.400. The van der Waals surface area contributed by atoms with Gasteiger partial charge in [0.25, 0.3) is 0 Å². The average molecular weight is 198 g/mol. The normalized spacial score (nSPS) is 23.0. The molecule has 0 radical (unpaired) electrons. The first-order chi connectivity index (χ1) is 6.36. The highest BCUT2D eigenvalue weighted by molar-refractivity contribution is 6.30. The first kappa shape index (κ1) is 9.00. The first-order valence-corrected chi connectivity index (χ1v) is 4.82. The van der Waals surface area contributed by atoms with Crippen LogP contribution in [0.4, 0.5) is 0 Å². The number of rotatable bonds is 1. The van der Waals surface area contributed by atoms with Crippen molar-refractivity contribution in [1.29, 1.82) is 0 Å².